The topological polar surface area (TPSA) is 58.6 Å². The summed E-state index contributed by atoms with van der Waals surface area (Å²) in [5.41, 5.74) is 1.34. The number of ether oxygens (including phenoxy) is 1. The van der Waals surface area contributed by atoms with E-state index < -0.39 is 11.7 Å². The Labute approximate surface area is 194 Å². The number of fused-ring (bicyclic) bond motifs is 1. The molecule has 5 nitrogen and oxygen atoms in total. The summed E-state index contributed by atoms with van der Waals surface area (Å²) in [5.74, 6) is -1.30. The molecule has 0 bridgehead atoms. The zero-order valence-electron chi connectivity index (χ0n) is 16.6. The average Bonchev–Trinajstić information content (AvgIpc) is 2.78. The van der Waals surface area contributed by atoms with Crippen molar-refractivity contribution < 1.29 is 18.7 Å². The molecule has 1 heterocycles. The van der Waals surface area contributed by atoms with Crippen LogP contribution in [0.5, 0.6) is 5.75 Å². The molecule has 0 saturated carbocycles. The minimum Gasteiger partial charge on any atom is -0.449 e. The predicted molar refractivity (Wildman–Crippen MR) is 122 cm³/mol. The average molecular weight is 471 g/mol. The number of anilines is 1. The maximum absolute atomic E-state index is 14.2. The van der Waals surface area contributed by atoms with Gasteiger partial charge in [0.1, 0.15) is 12.4 Å². The summed E-state index contributed by atoms with van der Waals surface area (Å²) in [6.07, 6.45) is 1.24. The zero-order valence-corrected chi connectivity index (χ0v) is 18.2. The molecular weight excluding hydrogens is 454 g/mol. The molecule has 0 aliphatic carbocycles. The molecule has 162 valence electrons. The van der Waals surface area contributed by atoms with Crippen LogP contribution in [-0.2, 0) is 16.1 Å². The van der Waals surface area contributed by atoms with Gasteiger partial charge >= 0.3 is 0 Å². The largest absolute Gasteiger partial charge is 0.449 e. The Morgan fingerprint density at radius 2 is 1.78 bits per heavy atom. The molecule has 1 aliphatic rings. The summed E-state index contributed by atoms with van der Waals surface area (Å²) in [6.45, 7) is 0.0405. The molecule has 0 spiro atoms. The van der Waals surface area contributed by atoms with E-state index in [1.165, 1.54) is 29.2 Å². The van der Waals surface area contributed by atoms with Gasteiger partial charge < -0.3 is 10.1 Å². The number of halogens is 3. The van der Waals surface area contributed by atoms with Crippen LogP contribution in [0.2, 0.25) is 10.0 Å². The highest BCUT2D eigenvalue weighted by Crippen LogP contribution is 2.36. The monoisotopic (exact) mass is 470 g/mol. The third-order valence-corrected chi connectivity index (χ3v) is 5.39. The van der Waals surface area contributed by atoms with Crippen LogP contribution in [0, 0.1) is 5.82 Å². The molecule has 0 atom stereocenters. The molecule has 2 amide bonds. The number of nitrogens with one attached hydrogen (secondary N) is 1. The van der Waals surface area contributed by atoms with Gasteiger partial charge in [-0.05, 0) is 48.0 Å². The van der Waals surface area contributed by atoms with Gasteiger partial charge in [0.25, 0.3) is 5.91 Å². The first kappa shape index (κ1) is 21.9. The van der Waals surface area contributed by atoms with Gasteiger partial charge in [0, 0.05) is 17.1 Å². The number of hydrogen-bond acceptors (Lipinski definition) is 3. The van der Waals surface area contributed by atoms with E-state index in [1.807, 2.05) is 0 Å². The van der Waals surface area contributed by atoms with Crippen molar-refractivity contribution in [3.05, 3.63) is 99.5 Å². The van der Waals surface area contributed by atoms with Crippen molar-refractivity contribution in [1.82, 2.24) is 5.32 Å². The molecule has 3 aromatic carbocycles. The fourth-order valence-corrected chi connectivity index (χ4v) is 3.54. The maximum atomic E-state index is 14.2. The SMILES string of the molecule is O=C(CN1C(=O)/C(=C/c2c(F)cccc2Cl)Oc2ccccc21)NCc1ccc(Cl)cc1. The highest BCUT2D eigenvalue weighted by molar-refractivity contribution is 6.32. The number of para-hydroxylation sites is 2. The summed E-state index contributed by atoms with van der Waals surface area (Å²) in [6, 6.07) is 18.1. The van der Waals surface area contributed by atoms with E-state index in [0.717, 1.165) is 5.56 Å². The van der Waals surface area contributed by atoms with Crippen LogP contribution in [0.25, 0.3) is 6.08 Å². The number of amides is 2. The molecule has 4 rings (SSSR count). The molecule has 0 radical (unpaired) electrons. The number of benzene rings is 3. The number of nitrogens with zero attached hydrogens (tertiary/aromatic N) is 1. The van der Waals surface area contributed by atoms with Crippen LogP contribution in [-0.4, -0.2) is 18.4 Å². The summed E-state index contributed by atoms with van der Waals surface area (Å²) in [4.78, 5) is 27.0. The number of carbonyl (C=O) groups excluding carboxylic acids is 2. The smallest absolute Gasteiger partial charge is 0.294 e. The van der Waals surface area contributed by atoms with Crippen molar-refractivity contribution in [1.29, 1.82) is 0 Å². The van der Waals surface area contributed by atoms with Gasteiger partial charge in [-0.2, -0.15) is 0 Å². The van der Waals surface area contributed by atoms with Crippen LogP contribution in [0.15, 0.2) is 72.5 Å². The summed E-state index contributed by atoms with van der Waals surface area (Å²) >= 11 is 12.0. The van der Waals surface area contributed by atoms with Crippen molar-refractivity contribution in [2.75, 3.05) is 11.4 Å². The Morgan fingerprint density at radius 3 is 2.53 bits per heavy atom. The molecule has 0 unspecified atom stereocenters. The lowest BCUT2D eigenvalue weighted by Gasteiger charge is -2.30. The van der Waals surface area contributed by atoms with E-state index in [0.29, 0.717) is 16.5 Å². The highest BCUT2D eigenvalue weighted by atomic mass is 35.5. The molecule has 8 heteroatoms. The second-order valence-corrected chi connectivity index (χ2v) is 7.85. The zero-order chi connectivity index (χ0) is 22.7. The molecule has 0 aromatic heterocycles. The van der Waals surface area contributed by atoms with E-state index in [1.54, 1.807) is 48.5 Å². The van der Waals surface area contributed by atoms with Gasteiger partial charge in [0.2, 0.25) is 5.91 Å². The summed E-state index contributed by atoms with van der Waals surface area (Å²) in [5, 5.41) is 3.52. The maximum Gasteiger partial charge on any atom is 0.294 e. The van der Waals surface area contributed by atoms with Crippen LogP contribution in [0.3, 0.4) is 0 Å². The second kappa shape index (κ2) is 9.42. The molecule has 32 heavy (non-hydrogen) atoms. The predicted octanol–water partition coefficient (Wildman–Crippen LogP) is 5.22. The van der Waals surface area contributed by atoms with Crippen molar-refractivity contribution in [2.45, 2.75) is 6.54 Å². The van der Waals surface area contributed by atoms with Crippen LogP contribution >= 0.6 is 23.2 Å². The lowest BCUT2D eigenvalue weighted by molar-refractivity contribution is -0.123. The molecule has 1 aliphatic heterocycles. The fraction of sp³-hybridized carbons (Fsp3) is 0.0833. The quantitative estimate of drug-likeness (QED) is 0.520. The molecule has 0 saturated heterocycles. The molecule has 3 aromatic rings. The molecule has 0 fully saturated rings. The third-order valence-electron chi connectivity index (χ3n) is 4.81. The van der Waals surface area contributed by atoms with Crippen LogP contribution < -0.4 is 15.0 Å². The van der Waals surface area contributed by atoms with E-state index in [4.69, 9.17) is 27.9 Å². The minimum atomic E-state index is -0.590. The lowest BCUT2D eigenvalue weighted by atomic mass is 10.1. The van der Waals surface area contributed by atoms with Gasteiger partial charge in [-0.15, -0.1) is 0 Å². The Balaban J connectivity index is 1.57. The van der Waals surface area contributed by atoms with Crippen molar-refractivity contribution in [2.24, 2.45) is 0 Å². The van der Waals surface area contributed by atoms with E-state index >= 15 is 0 Å². The Kier molecular flexibility index (Phi) is 6.44. The fourth-order valence-electron chi connectivity index (χ4n) is 3.20. The Bertz CT molecular complexity index is 1190. The van der Waals surface area contributed by atoms with E-state index in [2.05, 4.69) is 5.32 Å². The second-order valence-electron chi connectivity index (χ2n) is 7.01. The standard InChI is InChI=1S/C24H17Cl2FN2O3/c25-16-10-8-15(9-11-16)13-28-23(30)14-29-20-6-1-2-7-21(20)32-22(24(29)31)12-17-18(26)4-3-5-19(17)27/h1-12H,13-14H2,(H,28,30)/b22-12-. The normalized spacial score (nSPS) is 14.2. The number of hydrogen-bond donors (Lipinski definition) is 1. The first-order chi connectivity index (χ1) is 15.4. The third kappa shape index (κ3) is 4.77. The van der Waals surface area contributed by atoms with Gasteiger partial charge in [0.05, 0.1) is 10.7 Å². The number of carbonyl (C=O) groups is 2. The van der Waals surface area contributed by atoms with E-state index in [9.17, 15) is 14.0 Å². The van der Waals surface area contributed by atoms with Gasteiger partial charge in [-0.25, -0.2) is 4.39 Å². The summed E-state index contributed by atoms with van der Waals surface area (Å²) in [7, 11) is 0. The number of rotatable bonds is 5. The van der Waals surface area contributed by atoms with Gasteiger partial charge in [-0.1, -0.05) is 53.5 Å². The van der Waals surface area contributed by atoms with Crippen molar-refractivity contribution in [3.8, 4) is 5.75 Å². The van der Waals surface area contributed by atoms with Crippen LogP contribution in [0.4, 0.5) is 10.1 Å². The van der Waals surface area contributed by atoms with Crippen LogP contribution in [0.1, 0.15) is 11.1 Å². The highest BCUT2D eigenvalue weighted by Gasteiger charge is 2.32. The van der Waals surface area contributed by atoms with E-state index in [-0.39, 0.29) is 35.3 Å². The van der Waals surface area contributed by atoms with Gasteiger partial charge in [-0.3, -0.25) is 14.5 Å². The molecule has 1 N–H and O–H groups in total. The van der Waals surface area contributed by atoms with Gasteiger partial charge in [0.15, 0.2) is 11.5 Å². The van der Waals surface area contributed by atoms with Crippen molar-refractivity contribution >= 4 is 46.8 Å². The lowest BCUT2D eigenvalue weighted by Crippen LogP contribution is -2.44. The molecular formula is C24H17Cl2FN2O3. The first-order valence-corrected chi connectivity index (χ1v) is 10.4. The minimum absolute atomic E-state index is 0.0315. The first-order valence-electron chi connectivity index (χ1n) is 9.68. The Morgan fingerprint density at radius 1 is 1.03 bits per heavy atom. The van der Waals surface area contributed by atoms with Crippen molar-refractivity contribution in [3.63, 3.8) is 0 Å². The summed E-state index contributed by atoms with van der Waals surface area (Å²) < 4.78 is 20.0. The Hall–Kier alpha value is -3.35.